The molecule has 0 amide bonds. The fraction of sp³-hybridized carbons (Fsp3) is 0.500. The number of aromatic nitrogens is 1. The van der Waals surface area contributed by atoms with Gasteiger partial charge in [0.15, 0.2) is 0 Å². The van der Waals surface area contributed by atoms with Crippen LogP contribution in [0, 0.1) is 0 Å². The smallest absolute Gasteiger partial charge is 0.103 e. The highest BCUT2D eigenvalue weighted by atomic mass is 79.9. The Morgan fingerprint density at radius 3 is 3.00 bits per heavy atom. The minimum Gasteiger partial charge on any atom is -0.288 e. The van der Waals surface area contributed by atoms with Gasteiger partial charge in [-0.1, -0.05) is 22.0 Å². The predicted molar refractivity (Wildman–Crippen MR) is 56.7 cm³/mol. The van der Waals surface area contributed by atoms with E-state index in [1.54, 1.807) is 0 Å². The molecule has 2 heterocycles. The van der Waals surface area contributed by atoms with Gasteiger partial charge in [0.25, 0.3) is 0 Å². The van der Waals surface area contributed by atoms with E-state index in [0.717, 1.165) is 13.0 Å². The Kier molecular flexibility index (Phi) is 2.39. The summed E-state index contributed by atoms with van der Waals surface area (Å²) in [6, 6.07) is 4.12. The minimum absolute atomic E-state index is 0.0290. The number of rotatable bonds is 1. The van der Waals surface area contributed by atoms with Gasteiger partial charge in [-0.3, -0.25) is 9.88 Å². The van der Waals surface area contributed by atoms with Gasteiger partial charge in [0.1, 0.15) is 4.45 Å². The molecule has 1 saturated heterocycles. The van der Waals surface area contributed by atoms with Crippen LogP contribution in [0.1, 0.15) is 18.4 Å². The van der Waals surface area contributed by atoms with Crippen LogP contribution in [-0.2, 0) is 4.45 Å². The number of nitrogens with zero attached hydrogens (tertiary/aromatic N) is 2. The van der Waals surface area contributed by atoms with Gasteiger partial charge in [0.2, 0.25) is 0 Å². The van der Waals surface area contributed by atoms with Crippen LogP contribution in [0.15, 0.2) is 24.5 Å². The second kappa shape index (κ2) is 3.39. The third kappa shape index (κ3) is 1.51. The molecule has 0 bridgehead atoms. The van der Waals surface area contributed by atoms with Crippen LogP contribution in [0.5, 0.6) is 0 Å². The summed E-state index contributed by atoms with van der Waals surface area (Å²) in [6.07, 6.45) is 6.16. The Bertz CT molecular complexity index is 288. The summed E-state index contributed by atoms with van der Waals surface area (Å²) in [5.74, 6) is 0. The van der Waals surface area contributed by atoms with Crippen LogP contribution in [0.25, 0.3) is 0 Å². The van der Waals surface area contributed by atoms with Gasteiger partial charge in [0.05, 0.1) is 0 Å². The molecule has 13 heavy (non-hydrogen) atoms. The first-order chi connectivity index (χ1) is 6.23. The fourth-order valence-electron chi connectivity index (χ4n) is 1.87. The van der Waals surface area contributed by atoms with Crippen LogP contribution >= 0.6 is 15.9 Å². The molecular weight excluding hydrogens is 228 g/mol. The second-order valence-electron chi connectivity index (χ2n) is 3.53. The number of alkyl halides is 1. The normalized spacial score (nSPS) is 29.4. The number of likely N-dealkylation sites (tertiary alicyclic amines) is 1. The van der Waals surface area contributed by atoms with Gasteiger partial charge in [-0.2, -0.15) is 0 Å². The zero-order chi connectivity index (χ0) is 9.31. The predicted octanol–water partition coefficient (Wildman–Crippen LogP) is 2.35. The first kappa shape index (κ1) is 9.16. The molecule has 0 unspecified atom stereocenters. The molecule has 0 radical (unpaired) electrons. The molecule has 0 aromatic carbocycles. The maximum Gasteiger partial charge on any atom is 0.103 e. The van der Waals surface area contributed by atoms with Crippen molar-refractivity contribution in [1.82, 2.24) is 9.88 Å². The summed E-state index contributed by atoms with van der Waals surface area (Å²) < 4.78 is 0.0290. The van der Waals surface area contributed by atoms with Gasteiger partial charge < -0.3 is 0 Å². The molecule has 1 atom stereocenters. The van der Waals surface area contributed by atoms with Crippen molar-refractivity contribution in [3.63, 3.8) is 0 Å². The second-order valence-corrected chi connectivity index (χ2v) is 4.84. The Labute approximate surface area is 87.1 Å². The molecule has 2 rings (SSSR count). The fourth-order valence-corrected chi connectivity index (χ4v) is 2.56. The van der Waals surface area contributed by atoms with Crippen molar-refractivity contribution >= 4 is 15.9 Å². The molecule has 1 aromatic heterocycles. The van der Waals surface area contributed by atoms with E-state index >= 15 is 0 Å². The van der Waals surface area contributed by atoms with Gasteiger partial charge in [-0.15, -0.1) is 0 Å². The molecule has 0 N–H and O–H groups in total. The van der Waals surface area contributed by atoms with Gasteiger partial charge in [-0.05, 0) is 32.5 Å². The summed E-state index contributed by atoms with van der Waals surface area (Å²) in [5, 5.41) is 0. The lowest BCUT2D eigenvalue weighted by Crippen LogP contribution is -2.32. The summed E-state index contributed by atoms with van der Waals surface area (Å²) in [5.41, 5.74) is 1.26. The number of halogens is 1. The maximum absolute atomic E-state index is 4.15. The first-order valence-corrected chi connectivity index (χ1v) is 5.33. The van der Waals surface area contributed by atoms with E-state index in [9.17, 15) is 0 Å². The first-order valence-electron chi connectivity index (χ1n) is 4.54. The van der Waals surface area contributed by atoms with Gasteiger partial charge >= 0.3 is 0 Å². The van der Waals surface area contributed by atoms with E-state index in [-0.39, 0.29) is 4.45 Å². The highest BCUT2D eigenvalue weighted by Gasteiger charge is 2.37. The third-order valence-corrected chi connectivity index (χ3v) is 4.17. The van der Waals surface area contributed by atoms with Gasteiger partial charge in [-0.25, -0.2) is 0 Å². The van der Waals surface area contributed by atoms with Crippen LogP contribution in [0.2, 0.25) is 0 Å². The lowest BCUT2D eigenvalue weighted by Gasteiger charge is -2.30. The quantitative estimate of drug-likeness (QED) is 0.554. The molecule has 1 aliphatic heterocycles. The summed E-state index contributed by atoms with van der Waals surface area (Å²) in [6.45, 7) is 1.15. The molecule has 1 aromatic rings. The monoisotopic (exact) mass is 240 g/mol. The minimum atomic E-state index is 0.0290. The van der Waals surface area contributed by atoms with E-state index in [1.807, 2.05) is 18.5 Å². The van der Waals surface area contributed by atoms with Crippen molar-refractivity contribution in [2.24, 2.45) is 0 Å². The largest absolute Gasteiger partial charge is 0.288 e. The molecule has 0 aliphatic carbocycles. The molecule has 3 heteroatoms. The summed E-state index contributed by atoms with van der Waals surface area (Å²) in [4.78, 5) is 6.49. The lowest BCUT2D eigenvalue weighted by molar-refractivity contribution is 0.288. The van der Waals surface area contributed by atoms with Crippen molar-refractivity contribution in [3.05, 3.63) is 30.1 Å². The van der Waals surface area contributed by atoms with Crippen LogP contribution in [0.4, 0.5) is 0 Å². The molecular formula is C10H13BrN2. The van der Waals surface area contributed by atoms with Gasteiger partial charge in [0, 0.05) is 18.0 Å². The van der Waals surface area contributed by atoms with Crippen molar-refractivity contribution in [2.45, 2.75) is 17.3 Å². The van der Waals surface area contributed by atoms with Crippen LogP contribution < -0.4 is 0 Å². The highest BCUT2D eigenvalue weighted by Crippen LogP contribution is 2.42. The van der Waals surface area contributed by atoms with Crippen molar-refractivity contribution in [2.75, 3.05) is 13.6 Å². The molecule has 0 spiro atoms. The van der Waals surface area contributed by atoms with E-state index in [4.69, 9.17) is 0 Å². The van der Waals surface area contributed by atoms with E-state index in [1.165, 1.54) is 12.0 Å². The molecule has 0 saturated carbocycles. The maximum atomic E-state index is 4.15. The third-order valence-electron chi connectivity index (χ3n) is 2.71. The Morgan fingerprint density at radius 2 is 2.46 bits per heavy atom. The Morgan fingerprint density at radius 1 is 1.62 bits per heavy atom. The van der Waals surface area contributed by atoms with E-state index in [0.29, 0.717) is 0 Å². The van der Waals surface area contributed by atoms with Crippen LogP contribution in [0.3, 0.4) is 0 Å². The zero-order valence-corrected chi connectivity index (χ0v) is 9.29. The van der Waals surface area contributed by atoms with Crippen molar-refractivity contribution in [3.8, 4) is 0 Å². The molecule has 2 nitrogen and oxygen atoms in total. The average molecular weight is 241 g/mol. The van der Waals surface area contributed by atoms with Crippen molar-refractivity contribution in [1.29, 1.82) is 0 Å². The summed E-state index contributed by atoms with van der Waals surface area (Å²) >= 11 is 3.81. The topological polar surface area (TPSA) is 16.1 Å². The van der Waals surface area contributed by atoms with E-state index in [2.05, 4.69) is 38.9 Å². The zero-order valence-electron chi connectivity index (χ0n) is 7.70. The lowest BCUT2D eigenvalue weighted by atomic mass is 10.1. The SMILES string of the molecule is CN1CCC[C@@]1(Br)c1cccnc1. The Balaban J connectivity index is 2.34. The molecule has 1 aliphatic rings. The molecule has 70 valence electrons. The number of hydrogen-bond acceptors (Lipinski definition) is 2. The van der Waals surface area contributed by atoms with Crippen LogP contribution in [-0.4, -0.2) is 23.5 Å². The number of pyridine rings is 1. The number of hydrogen-bond donors (Lipinski definition) is 0. The highest BCUT2D eigenvalue weighted by molar-refractivity contribution is 9.09. The average Bonchev–Trinajstić information content (AvgIpc) is 2.50. The Hall–Kier alpha value is -0.410. The van der Waals surface area contributed by atoms with Crippen molar-refractivity contribution < 1.29 is 0 Å². The summed E-state index contributed by atoms with van der Waals surface area (Å²) in [7, 11) is 2.15. The van der Waals surface area contributed by atoms with E-state index < -0.39 is 0 Å². The molecule has 1 fully saturated rings. The standard InChI is InChI=1S/C10H13BrN2/c1-13-7-3-5-10(13,11)9-4-2-6-12-8-9/h2,4,6,8H,3,5,7H2,1H3/t10-/m0/s1.